The molecule has 1 unspecified atom stereocenters. The van der Waals surface area contributed by atoms with Gasteiger partial charge in [0.25, 0.3) is 0 Å². The summed E-state index contributed by atoms with van der Waals surface area (Å²) < 4.78 is 0. The Kier molecular flexibility index (Phi) is 3.94. The fourth-order valence-electron chi connectivity index (χ4n) is 1.79. The van der Waals surface area contributed by atoms with E-state index in [2.05, 4.69) is 49.4 Å². The summed E-state index contributed by atoms with van der Waals surface area (Å²) in [4.78, 5) is 0. The Morgan fingerprint density at radius 3 is 2.28 bits per heavy atom. The van der Waals surface area contributed by atoms with Crippen LogP contribution in [-0.4, -0.2) is 0 Å². The summed E-state index contributed by atoms with van der Waals surface area (Å²) in [5, 5.41) is 8.73. The summed E-state index contributed by atoms with van der Waals surface area (Å²) in [5.41, 5.74) is 3.13. The molecule has 0 aliphatic carbocycles. The first-order valence-corrected chi connectivity index (χ1v) is 6.03. The number of nitrogens with zero attached hydrogens (tertiary/aromatic N) is 1. The van der Waals surface area contributed by atoms with Gasteiger partial charge in [-0.2, -0.15) is 5.26 Å². The molecule has 2 rings (SSSR count). The van der Waals surface area contributed by atoms with Crippen molar-refractivity contribution in [2.45, 2.75) is 12.8 Å². The molecule has 2 aromatic carbocycles. The maximum Gasteiger partial charge on any atom is 0.0991 e. The molecule has 0 spiro atoms. The van der Waals surface area contributed by atoms with Gasteiger partial charge < -0.3 is 0 Å². The standard InChI is InChI=1S/C17H15N/c1-14(17-5-3-2-4-6-17)7-8-15-9-11-16(13-18)12-10-15/h2-12,14H,1H3. The Morgan fingerprint density at radius 1 is 1.00 bits per heavy atom. The minimum atomic E-state index is 0.391. The van der Waals surface area contributed by atoms with E-state index in [4.69, 9.17) is 5.26 Å². The van der Waals surface area contributed by atoms with Crippen molar-refractivity contribution in [3.63, 3.8) is 0 Å². The molecule has 18 heavy (non-hydrogen) atoms. The third-order valence-electron chi connectivity index (χ3n) is 2.94. The lowest BCUT2D eigenvalue weighted by atomic mass is 10.00. The number of hydrogen-bond donors (Lipinski definition) is 0. The van der Waals surface area contributed by atoms with Crippen LogP contribution in [0.4, 0.5) is 0 Å². The molecular formula is C17H15N. The lowest BCUT2D eigenvalue weighted by Gasteiger charge is -2.05. The van der Waals surface area contributed by atoms with E-state index in [1.165, 1.54) is 5.56 Å². The van der Waals surface area contributed by atoms with Crippen LogP contribution in [-0.2, 0) is 0 Å². The first kappa shape index (κ1) is 12.1. The van der Waals surface area contributed by atoms with E-state index in [9.17, 15) is 0 Å². The topological polar surface area (TPSA) is 23.8 Å². The van der Waals surface area contributed by atoms with Gasteiger partial charge in [0.1, 0.15) is 0 Å². The fourth-order valence-corrected chi connectivity index (χ4v) is 1.79. The van der Waals surface area contributed by atoms with E-state index >= 15 is 0 Å². The molecule has 88 valence electrons. The highest BCUT2D eigenvalue weighted by molar-refractivity contribution is 5.52. The Labute approximate surface area is 108 Å². The number of allylic oxidation sites excluding steroid dienone is 1. The molecule has 0 saturated carbocycles. The Morgan fingerprint density at radius 2 is 1.67 bits per heavy atom. The van der Waals surface area contributed by atoms with Crippen molar-refractivity contribution in [1.82, 2.24) is 0 Å². The van der Waals surface area contributed by atoms with Gasteiger partial charge in [0, 0.05) is 0 Å². The summed E-state index contributed by atoms with van der Waals surface area (Å²) in [6.07, 6.45) is 4.27. The zero-order valence-corrected chi connectivity index (χ0v) is 10.4. The fraction of sp³-hybridized carbons (Fsp3) is 0.118. The van der Waals surface area contributed by atoms with Gasteiger partial charge in [-0.05, 0) is 29.2 Å². The molecule has 0 N–H and O–H groups in total. The Balaban J connectivity index is 2.09. The summed E-state index contributed by atoms with van der Waals surface area (Å²) in [7, 11) is 0. The van der Waals surface area contributed by atoms with Gasteiger partial charge in [0.15, 0.2) is 0 Å². The van der Waals surface area contributed by atoms with Crippen molar-refractivity contribution in [2.75, 3.05) is 0 Å². The maximum atomic E-state index is 8.73. The quantitative estimate of drug-likeness (QED) is 0.772. The second kappa shape index (κ2) is 5.84. The Hall–Kier alpha value is -2.33. The molecule has 2 aromatic rings. The number of benzene rings is 2. The SMILES string of the molecule is CC(C=Cc1ccc(C#N)cc1)c1ccccc1. The number of rotatable bonds is 3. The third-order valence-corrected chi connectivity index (χ3v) is 2.94. The maximum absolute atomic E-state index is 8.73. The summed E-state index contributed by atoms with van der Waals surface area (Å²) in [5.74, 6) is 0.391. The van der Waals surface area contributed by atoms with Crippen LogP contribution in [0.1, 0.15) is 29.5 Å². The van der Waals surface area contributed by atoms with Gasteiger partial charge in [-0.1, -0.05) is 61.5 Å². The van der Waals surface area contributed by atoms with Gasteiger partial charge in [0.2, 0.25) is 0 Å². The monoisotopic (exact) mass is 233 g/mol. The van der Waals surface area contributed by atoms with Crippen molar-refractivity contribution in [2.24, 2.45) is 0 Å². The van der Waals surface area contributed by atoms with Gasteiger partial charge in [0.05, 0.1) is 11.6 Å². The molecule has 0 radical (unpaired) electrons. The molecule has 0 bridgehead atoms. The van der Waals surface area contributed by atoms with Gasteiger partial charge in [-0.15, -0.1) is 0 Å². The van der Waals surface area contributed by atoms with E-state index in [0.29, 0.717) is 11.5 Å². The van der Waals surface area contributed by atoms with Crippen LogP contribution in [0.5, 0.6) is 0 Å². The van der Waals surface area contributed by atoms with Crippen LogP contribution in [0.25, 0.3) is 6.08 Å². The van der Waals surface area contributed by atoms with Crippen LogP contribution >= 0.6 is 0 Å². The summed E-state index contributed by atoms with van der Waals surface area (Å²) in [6, 6.07) is 20.1. The van der Waals surface area contributed by atoms with Crippen LogP contribution in [0.2, 0.25) is 0 Å². The largest absolute Gasteiger partial charge is 0.192 e. The third kappa shape index (κ3) is 3.09. The highest BCUT2D eigenvalue weighted by Gasteiger charge is 1.99. The average molecular weight is 233 g/mol. The number of nitriles is 1. The molecule has 0 fully saturated rings. The van der Waals surface area contributed by atoms with E-state index in [1.807, 2.05) is 30.3 Å². The van der Waals surface area contributed by atoms with Gasteiger partial charge >= 0.3 is 0 Å². The lowest BCUT2D eigenvalue weighted by Crippen LogP contribution is -1.87. The predicted molar refractivity (Wildman–Crippen MR) is 75.0 cm³/mol. The summed E-state index contributed by atoms with van der Waals surface area (Å²) >= 11 is 0. The zero-order valence-electron chi connectivity index (χ0n) is 10.4. The normalized spacial score (nSPS) is 12.2. The van der Waals surface area contributed by atoms with Gasteiger partial charge in [-0.3, -0.25) is 0 Å². The van der Waals surface area contributed by atoms with Crippen molar-refractivity contribution in [3.05, 3.63) is 77.4 Å². The molecule has 0 heterocycles. The molecule has 0 aliphatic rings. The minimum absolute atomic E-state index is 0.391. The molecule has 1 atom stereocenters. The Bertz CT molecular complexity index is 559. The molecule has 0 amide bonds. The average Bonchev–Trinajstić information content (AvgIpc) is 2.46. The smallest absolute Gasteiger partial charge is 0.0991 e. The number of hydrogen-bond acceptors (Lipinski definition) is 1. The van der Waals surface area contributed by atoms with Gasteiger partial charge in [-0.25, -0.2) is 0 Å². The van der Waals surface area contributed by atoms with E-state index in [1.54, 1.807) is 0 Å². The van der Waals surface area contributed by atoms with Crippen molar-refractivity contribution >= 4 is 6.08 Å². The summed E-state index contributed by atoms with van der Waals surface area (Å²) in [6.45, 7) is 2.18. The predicted octanol–water partition coefficient (Wildman–Crippen LogP) is 4.38. The van der Waals surface area contributed by atoms with Crippen LogP contribution < -0.4 is 0 Å². The molecular weight excluding hydrogens is 218 g/mol. The molecule has 1 nitrogen and oxygen atoms in total. The van der Waals surface area contributed by atoms with Crippen molar-refractivity contribution in [3.8, 4) is 6.07 Å². The molecule has 0 aliphatic heterocycles. The van der Waals surface area contributed by atoms with Crippen molar-refractivity contribution in [1.29, 1.82) is 5.26 Å². The second-order valence-corrected chi connectivity index (χ2v) is 4.29. The molecule has 0 aromatic heterocycles. The molecule has 0 saturated heterocycles. The first-order valence-electron chi connectivity index (χ1n) is 6.03. The van der Waals surface area contributed by atoms with Crippen LogP contribution in [0.3, 0.4) is 0 Å². The highest BCUT2D eigenvalue weighted by Crippen LogP contribution is 2.17. The lowest BCUT2D eigenvalue weighted by molar-refractivity contribution is 0.973. The van der Waals surface area contributed by atoms with E-state index in [-0.39, 0.29) is 0 Å². The van der Waals surface area contributed by atoms with E-state index in [0.717, 1.165) is 5.56 Å². The zero-order chi connectivity index (χ0) is 12.8. The van der Waals surface area contributed by atoms with Crippen LogP contribution in [0.15, 0.2) is 60.7 Å². The first-order chi connectivity index (χ1) is 8.79. The second-order valence-electron chi connectivity index (χ2n) is 4.29. The minimum Gasteiger partial charge on any atom is -0.192 e. The van der Waals surface area contributed by atoms with Crippen LogP contribution in [0, 0.1) is 11.3 Å². The highest BCUT2D eigenvalue weighted by atomic mass is 14.2. The van der Waals surface area contributed by atoms with Crippen molar-refractivity contribution < 1.29 is 0 Å². The molecule has 1 heteroatoms. The van der Waals surface area contributed by atoms with E-state index < -0.39 is 0 Å².